The van der Waals surface area contributed by atoms with Crippen LogP contribution in [0, 0.1) is 12.8 Å². The molecule has 1 aromatic carbocycles. The Balaban J connectivity index is 2.59. The number of hydrogen-bond acceptors (Lipinski definition) is 3. The second kappa shape index (κ2) is 8.28. The fourth-order valence-corrected chi connectivity index (χ4v) is 2.54. The fraction of sp³-hybridized carbons (Fsp3) is 0.647. The molecule has 0 saturated heterocycles. The summed E-state index contributed by atoms with van der Waals surface area (Å²) in [5.41, 5.74) is 2.51. The van der Waals surface area contributed by atoms with Crippen molar-refractivity contribution >= 4 is 0 Å². The minimum Gasteiger partial charge on any atom is -0.496 e. The van der Waals surface area contributed by atoms with E-state index in [0.717, 1.165) is 18.8 Å². The third-order valence-corrected chi connectivity index (χ3v) is 3.40. The minimum absolute atomic E-state index is 0.535. The highest BCUT2D eigenvalue weighted by molar-refractivity contribution is 5.36. The number of nitrogens with zero attached hydrogens (tertiary/aromatic N) is 1. The lowest BCUT2D eigenvalue weighted by Gasteiger charge is -2.24. The topological polar surface area (TPSA) is 24.5 Å². The molecule has 3 heteroatoms. The average molecular weight is 278 g/mol. The van der Waals surface area contributed by atoms with Crippen molar-refractivity contribution in [3.05, 3.63) is 29.3 Å². The van der Waals surface area contributed by atoms with Crippen LogP contribution in [0.15, 0.2) is 18.2 Å². The van der Waals surface area contributed by atoms with Gasteiger partial charge in [0.05, 0.1) is 7.11 Å². The molecule has 0 aromatic heterocycles. The lowest BCUT2D eigenvalue weighted by atomic mass is 10.0. The number of aryl methyl sites for hydroxylation is 1. The predicted octanol–water partition coefficient (Wildman–Crippen LogP) is 3.07. The van der Waals surface area contributed by atoms with Gasteiger partial charge in [0, 0.05) is 19.1 Å². The molecular weight excluding hydrogens is 248 g/mol. The van der Waals surface area contributed by atoms with Gasteiger partial charge in [0.25, 0.3) is 0 Å². The molecule has 0 saturated carbocycles. The van der Waals surface area contributed by atoms with Gasteiger partial charge in [0.1, 0.15) is 5.75 Å². The average Bonchev–Trinajstić information content (AvgIpc) is 2.34. The molecule has 0 heterocycles. The second-order valence-corrected chi connectivity index (χ2v) is 6.27. The molecule has 1 N–H and O–H groups in total. The van der Waals surface area contributed by atoms with Gasteiger partial charge in [-0.2, -0.15) is 0 Å². The molecule has 0 aliphatic heterocycles. The summed E-state index contributed by atoms with van der Waals surface area (Å²) in [6, 6.07) is 6.93. The van der Waals surface area contributed by atoms with Gasteiger partial charge in [-0.15, -0.1) is 0 Å². The monoisotopic (exact) mass is 278 g/mol. The number of ether oxygens (including phenoxy) is 1. The van der Waals surface area contributed by atoms with Crippen molar-refractivity contribution in [2.24, 2.45) is 5.92 Å². The first-order chi connectivity index (χ1) is 9.42. The van der Waals surface area contributed by atoms with E-state index >= 15 is 0 Å². The molecule has 1 atom stereocenters. The molecular formula is C17H30N2O. The number of nitrogens with one attached hydrogen (secondary N) is 1. The molecule has 114 valence electrons. The molecule has 1 aromatic rings. The molecule has 0 aliphatic rings. The molecule has 0 fully saturated rings. The van der Waals surface area contributed by atoms with Crippen molar-refractivity contribution in [3.8, 4) is 5.75 Å². The van der Waals surface area contributed by atoms with Crippen LogP contribution in [-0.4, -0.2) is 38.7 Å². The summed E-state index contributed by atoms with van der Waals surface area (Å²) < 4.78 is 5.30. The van der Waals surface area contributed by atoms with Gasteiger partial charge < -0.3 is 15.0 Å². The first-order valence-electron chi connectivity index (χ1n) is 7.44. The van der Waals surface area contributed by atoms with E-state index in [2.05, 4.69) is 63.3 Å². The van der Waals surface area contributed by atoms with E-state index in [1.165, 1.54) is 17.5 Å². The van der Waals surface area contributed by atoms with E-state index in [9.17, 15) is 0 Å². The van der Waals surface area contributed by atoms with Gasteiger partial charge in [-0.05, 0) is 50.6 Å². The Labute approximate surface area is 124 Å². The lowest BCUT2D eigenvalue weighted by Crippen LogP contribution is -2.38. The number of benzene rings is 1. The largest absolute Gasteiger partial charge is 0.496 e. The molecule has 0 radical (unpaired) electrons. The van der Waals surface area contributed by atoms with Crippen LogP contribution in [0.1, 0.15) is 31.4 Å². The number of likely N-dealkylation sites (N-methyl/N-ethyl adjacent to an activating group) is 1. The van der Waals surface area contributed by atoms with Crippen LogP contribution in [-0.2, 0) is 6.54 Å². The van der Waals surface area contributed by atoms with Gasteiger partial charge >= 0.3 is 0 Å². The first kappa shape index (κ1) is 17.0. The fourth-order valence-electron chi connectivity index (χ4n) is 2.54. The van der Waals surface area contributed by atoms with Gasteiger partial charge in [-0.25, -0.2) is 0 Å². The second-order valence-electron chi connectivity index (χ2n) is 6.27. The highest BCUT2D eigenvalue weighted by atomic mass is 16.5. The Morgan fingerprint density at radius 2 is 1.95 bits per heavy atom. The summed E-state index contributed by atoms with van der Waals surface area (Å²) in [5, 5.41) is 3.68. The summed E-state index contributed by atoms with van der Waals surface area (Å²) in [5.74, 6) is 1.67. The molecule has 1 unspecified atom stereocenters. The Bertz CT molecular complexity index is 392. The smallest absolute Gasteiger partial charge is 0.121 e. The zero-order chi connectivity index (χ0) is 15.1. The SMILES string of the molecule is COc1ccc(CNC(CC(C)C)CN(C)C)cc1C. The number of methoxy groups -OCH3 is 1. The van der Waals surface area contributed by atoms with E-state index in [0.29, 0.717) is 12.0 Å². The standard InChI is InChI=1S/C17H30N2O/c1-13(2)9-16(12-19(4)5)18-11-15-7-8-17(20-6)14(3)10-15/h7-8,10,13,16,18H,9,11-12H2,1-6H3. The van der Waals surface area contributed by atoms with E-state index in [4.69, 9.17) is 4.74 Å². The summed E-state index contributed by atoms with van der Waals surface area (Å²) in [6.07, 6.45) is 1.20. The van der Waals surface area contributed by atoms with Crippen LogP contribution in [0.3, 0.4) is 0 Å². The van der Waals surface area contributed by atoms with Crippen LogP contribution >= 0.6 is 0 Å². The Hall–Kier alpha value is -1.06. The molecule has 0 spiro atoms. The van der Waals surface area contributed by atoms with Crippen LogP contribution < -0.4 is 10.1 Å². The zero-order valence-corrected chi connectivity index (χ0v) is 13.9. The van der Waals surface area contributed by atoms with Crippen molar-refractivity contribution < 1.29 is 4.74 Å². The first-order valence-corrected chi connectivity index (χ1v) is 7.44. The van der Waals surface area contributed by atoms with Gasteiger partial charge in [-0.1, -0.05) is 26.0 Å². The number of rotatable bonds is 8. The molecule has 1 rings (SSSR count). The van der Waals surface area contributed by atoms with Crippen molar-refractivity contribution in [1.82, 2.24) is 10.2 Å². The van der Waals surface area contributed by atoms with Crippen LogP contribution in [0.2, 0.25) is 0 Å². The zero-order valence-electron chi connectivity index (χ0n) is 13.9. The highest BCUT2D eigenvalue weighted by Gasteiger charge is 2.11. The molecule has 20 heavy (non-hydrogen) atoms. The van der Waals surface area contributed by atoms with Gasteiger partial charge in [0.2, 0.25) is 0 Å². The van der Waals surface area contributed by atoms with Gasteiger partial charge in [0.15, 0.2) is 0 Å². The van der Waals surface area contributed by atoms with Crippen molar-refractivity contribution in [1.29, 1.82) is 0 Å². The summed E-state index contributed by atoms with van der Waals surface area (Å²) in [6.45, 7) is 8.64. The maximum atomic E-state index is 5.30. The molecule has 0 bridgehead atoms. The normalized spacial score (nSPS) is 13.0. The highest BCUT2D eigenvalue weighted by Crippen LogP contribution is 2.18. The summed E-state index contributed by atoms with van der Waals surface area (Å²) >= 11 is 0. The van der Waals surface area contributed by atoms with Crippen molar-refractivity contribution in [2.75, 3.05) is 27.7 Å². The third-order valence-electron chi connectivity index (χ3n) is 3.40. The molecule has 0 aliphatic carbocycles. The molecule has 3 nitrogen and oxygen atoms in total. The Morgan fingerprint density at radius 3 is 2.45 bits per heavy atom. The molecule has 0 amide bonds. The van der Waals surface area contributed by atoms with E-state index in [-0.39, 0.29) is 0 Å². The minimum atomic E-state index is 0.535. The van der Waals surface area contributed by atoms with E-state index in [1.54, 1.807) is 7.11 Å². The van der Waals surface area contributed by atoms with E-state index < -0.39 is 0 Å². The summed E-state index contributed by atoms with van der Waals surface area (Å²) in [4.78, 5) is 2.25. The maximum absolute atomic E-state index is 5.30. The predicted molar refractivity (Wildman–Crippen MR) is 86.4 cm³/mol. The van der Waals surface area contributed by atoms with Crippen LogP contribution in [0.25, 0.3) is 0 Å². The van der Waals surface area contributed by atoms with E-state index in [1.807, 2.05) is 0 Å². The van der Waals surface area contributed by atoms with Crippen molar-refractivity contribution in [3.63, 3.8) is 0 Å². The van der Waals surface area contributed by atoms with Crippen molar-refractivity contribution in [2.45, 2.75) is 39.8 Å². The van der Waals surface area contributed by atoms with Crippen LogP contribution in [0.4, 0.5) is 0 Å². The summed E-state index contributed by atoms with van der Waals surface area (Å²) in [7, 11) is 5.98. The number of hydrogen-bond donors (Lipinski definition) is 1. The Morgan fingerprint density at radius 1 is 1.25 bits per heavy atom. The third kappa shape index (κ3) is 5.93. The Kier molecular flexibility index (Phi) is 7.03. The van der Waals surface area contributed by atoms with Crippen LogP contribution in [0.5, 0.6) is 5.75 Å². The lowest BCUT2D eigenvalue weighted by molar-refractivity contribution is 0.305. The maximum Gasteiger partial charge on any atom is 0.121 e. The quantitative estimate of drug-likeness (QED) is 0.791. The van der Waals surface area contributed by atoms with Gasteiger partial charge in [-0.3, -0.25) is 0 Å².